The number of nitrogens with one attached hydrogen (secondary N) is 1. The van der Waals surface area contributed by atoms with Gasteiger partial charge >= 0.3 is 6.09 Å². The van der Waals surface area contributed by atoms with Gasteiger partial charge in [0.05, 0.1) is 53.7 Å². The molecule has 0 aliphatic heterocycles. The predicted molar refractivity (Wildman–Crippen MR) is 152 cm³/mol. The molecule has 0 bridgehead atoms. The normalized spacial score (nSPS) is 12.0. The average Bonchev–Trinajstić information content (AvgIpc) is 3.38. The van der Waals surface area contributed by atoms with E-state index in [-0.39, 0.29) is 24.0 Å². The van der Waals surface area contributed by atoms with Crippen LogP contribution in [0.15, 0.2) is 36.8 Å². The number of carbonyl (C=O) groups is 1. The molecule has 3 aromatic heterocycles. The monoisotopic (exact) mass is 598 g/mol. The summed E-state index contributed by atoms with van der Waals surface area (Å²) in [7, 11) is 1.52. The topological polar surface area (TPSA) is 141 Å². The predicted octanol–water partition coefficient (Wildman–Crippen LogP) is 5.36. The fraction of sp³-hybridized carbons (Fsp3) is 0.259. The van der Waals surface area contributed by atoms with Crippen molar-refractivity contribution in [2.75, 3.05) is 25.6 Å². The highest BCUT2D eigenvalue weighted by atomic mass is 35.5. The number of aryl methyl sites for hydroxylation is 1. The first-order valence-corrected chi connectivity index (χ1v) is 13.6. The Balaban J connectivity index is 1.31. The number of aromatic nitrogens is 5. The van der Waals surface area contributed by atoms with Crippen molar-refractivity contribution >= 4 is 56.0 Å². The molecule has 0 saturated heterocycles. The zero-order valence-corrected chi connectivity index (χ0v) is 23.7. The van der Waals surface area contributed by atoms with Gasteiger partial charge in [0.1, 0.15) is 34.1 Å². The SMILES string of the molecule is COc1cnc2c(-c3nc4c(Cl)c(F)c(OC[C@@H](C)OC(=O)Nc5cnc(CCO)nc5)cc4s3)cc(C)cc2n1. The van der Waals surface area contributed by atoms with Crippen LogP contribution in [0, 0.1) is 12.7 Å². The molecule has 1 amide bonds. The number of halogens is 2. The molecule has 5 aromatic rings. The Morgan fingerprint density at radius 3 is 2.66 bits per heavy atom. The summed E-state index contributed by atoms with van der Waals surface area (Å²) in [5, 5.41) is 11.8. The molecule has 0 fully saturated rings. The maximum atomic E-state index is 15.2. The van der Waals surface area contributed by atoms with Crippen LogP contribution < -0.4 is 14.8 Å². The Morgan fingerprint density at radius 2 is 1.93 bits per heavy atom. The summed E-state index contributed by atoms with van der Waals surface area (Å²) in [5.74, 6) is -0.0326. The van der Waals surface area contributed by atoms with Gasteiger partial charge in [-0.05, 0) is 31.5 Å². The third-order valence-corrected chi connectivity index (χ3v) is 7.19. The molecule has 0 unspecified atom stereocenters. The molecule has 0 spiro atoms. The maximum Gasteiger partial charge on any atom is 0.412 e. The first-order chi connectivity index (χ1) is 19.7. The number of hydrogen-bond acceptors (Lipinski definition) is 11. The molecule has 2 aromatic carbocycles. The first kappa shape index (κ1) is 28.3. The molecule has 0 aliphatic rings. The number of aliphatic hydroxyl groups excluding tert-OH is 1. The molecule has 41 heavy (non-hydrogen) atoms. The number of thiazole rings is 1. The van der Waals surface area contributed by atoms with Crippen LogP contribution in [0.2, 0.25) is 5.02 Å². The van der Waals surface area contributed by atoms with Gasteiger partial charge in [0.2, 0.25) is 5.88 Å². The largest absolute Gasteiger partial charge is 0.487 e. The summed E-state index contributed by atoms with van der Waals surface area (Å²) in [4.78, 5) is 33.8. The van der Waals surface area contributed by atoms with Crippen molar-refractivity contribution < 1.29 is 28.5 Å². The number of nitrogens with zero attached hydrogens (tertiary/aromatic N) is 5. The number of ether oxygens (including phenoxy) is 3. The molecule has 0 aliphatic carbocycles. The summed E-state index contributed by atoms with van der Waals surface area (Å²) < 4.78 is 31.9. The third kappa shape index (κ3) is 6.26. The van der Waals surface area contributed by atoms with E-state index >= 15 is 4.39 Å². The minimum atomic E-state index is -0.772. The van der Waals surface area contributed by atoms with Crippen LogP contribution in [0.5, 0.6) is 11.6 Å². The number of benzene rings is 2. The lowest BCUT2D eigenvalue weighted by Gasteiger charge is -2.15. The van der Waals surface area contributed by atoms with E-state index in [9.17, 15) is 4.79 Å². The van der Waals surface area contributed by atoms with Gasteiger partial charge in [-0.15, -0.1) is 11.3 Å². The van der Waals surface area contributed by atoms with Crippen LogP contribution >= 0.6 is 22.9 Å². The van der Waals surface area contributed by atoms with E-state index in [1.54, 1.807) is 6.92 Å². The summed E-state index contributed by atoms with van der Waals surface area (Å²) >= 11 is 7.67. The highest BCUT2D eigenvalue weighted by Crippen LogP contribution is 2.40. The minimum absolute atomic E-state index is 0.0790. The second kappa shape index (κ2) is 12.1. The molecule has 0 radical (unpaired) electrons. The van der Waals surface area contributed by atoms with Crippen molar-refractivity contribution in [2.45, 2.75) is 26.4 Å². The van der Waals surface area contributed by atoms with Crippen molar-refractivity contribution in [2.24, 2.45) is 0 Å². The number of amides is 1. The van der Waals surface area contributed by atoms with Crippen LogP contribution in [0.4, 0.5) is 14.9 Å². The van der Waals surface area contributed by atoms with E-state index < -0.39 is 18.0 Å². The molecule has 212 valence electrons. The van der Waals surface area contributed by atoms with Crippen molar-refractivity contribution in [3.8, 4) is 22.2 Å². The average molecular weight is 599 g/mol. The Hall–Kier alpha value is -4.20. The second-order valence-corrected chi connectivity index (χ2v) is 10.4. The molecule has 11 nitrogen and oxygen atoms in total. The van der Waals surface area contributed by atoms with Crippen molar-refractivity contribution in [1.82, 2.24) is 24.9 Å². The van der Waals surface area contributed by atoms with E-state index in [0.29, 0.717) is 50.1 Å². The molecule has 5 rings (SSSR count). The molecular weight excluding hydrogens is 575 g/mol. The molecule has 1 atom stereocenters. The molecule has 14 heteroatoms. The van der Waals surface area contributed by atoms with Gasteiger partial charge in [-0.1, -0.05) is 11.6 Å². The third-order valence-electron chi connectivity index (χ3n) is 5.81. The van der Waals surface area contributed by atoms with E-state index in [4.69, 9.17) is 30.9 Å². The highest BCUT2D eigenvalue weighted by molar-refractivity contribution is 7.21. The van der Waals surface area contributed by atoms with Crippen LogP contribution in [0.3, 0.4) is 0 Å². The standard InChI is InChI=1S/C27H24ClFN6O5S/c1-13-6-16(24-17(7-13)34-21(38-3)11-32-24)26-35-25-19(41-26)8-18(23(29)22(25)28)39-12-14(2)40-27(37)33-15-9-30-20(4-5-36)31-10-15/h6-11,14,36H,4-5,12H2,1-3H3,(H,33,37)/t14-/m1/s1. The molecule has 3 heterocycles. The van der Waals surface area contributed by atoms with Gasteiger partial charge in [-0.2, -0.15) is 0 Å². The molecular formula is C27H24ClFN6O5S. The number of aliphatic hydroxyl groups is 1. The smallest absolute Gasteiger partial charge is 0.412 e. The van der Waals surface area contributed by atoms with E-state index in [2.05, 4.69) is 30.2 Å². The Labute approximate surface area is 242 Å². The lowest BCUT2D eigenvalue weighted by Crippen LogP contribution is -2.25. The van der Waals surface area contributed by atoms with Gasteiger partial charge in [-0.3, -0.25) is 5.32 Å². The Bertz CT molecular complexity index is 1740. The summed E-state index contributed by atoms with van der Waals surface area (Å²) in [6, 6.07) is 5.34. The zero-order chi connectivity index (χ0) is 29.1. The minimum Gasteiger partial charge on any atom is -0.487 e. The van der Waals surface area contributed by atoms with Gasteiger partial charge in [0.15, 0.2) is 11.6 Å². The first-order valence-electron chi connectivity index (χ1n) is 12.4. The summed E-state index contributed by atoms with van der Waals surface area (Å²) in [5.41, 5.74) is 3.56. The van der Waals surface area contributed by atoms with E-state index in [1.165, 1.54) is 43.1 Å². The van der Waals surface area contributed by atoms with E-state index in [1.807, 2.05) is 19.1 Å². The van der Waals surface area contributed by atoms with E-state index in [0.717, 1.165) is 11.1 Å². The number of rotatable bonds is 9. The van der Waals surface area contributed by atoms with Gasteiger partial charge in [0.25, 0.3) is 0 Å². The molecule has 0 saturated carbocycles. The van der Waals surface area contributed by atoms with Crippen LogP contribution in [0.25, 0.3) is 31.8 Å². The number of carbonyl (C=O) groups excluding carboxylic acids is 1. The van der Waals surface area contributed by atoms with Gasteiger partial charge in [0, 0.05) is 18.1 Å². The Morgan fingerprint density at radius 1 is 1.15 bits per heavy atom. The van der Waals surface area contributed by atoms with Crippen molar-refractivity contribution in [3.63, 3.8) is 0 Å². The highest BCUT2D eigenvalue weighted by Gasteiger charge is 2.21. The number of fused-ring (bicyclic) bond motifs is 2. The molecule has 2 N–H and O–H groups in total. The van der Waals surface area contributed by atoms with Crippen LogP contribution in [-0.4, -0.2) is 62.5 Å². The zero-order valence-electron chi connectivity index (χ0n) is 22.1. The van der Waals surface area contributed by atoms with Gasteiger partial charge in [-0.25, -0.2) is 34.1 Å². The summed E-state index contributed by atoms with van der Waals surface area (Å²) in [6.45, 7) is 3.32. The fourth-order valence-electron chi connectivity index (χ4n) is 3.93. The number of methoxy groups -OCH3 is 1. The second-order valence-electron chi connectivity index (χ2n) is 8.97. The van der Waals surface area contributed by atoms with Gasteiger partial charge < -0.3 is 19.3 Å². The van der Waals surface area contributed by atoms with Crippen molar-refractivity contribution in [1.29, 1.82) is 0 Å². The van der Waals surface area contributed by atoms with Crippen LogP contribution in [-0.2, 0) is 11.2 Å². The lowest BCUT2D eigenvalue weighted by molar-refractivity contribution is 0.0844. The quantitative estimate of drug-likeness (QED) is 0.228. The number of anilines is 1. The maximum absolute atomic E-state index is 15.2. The Kier molecular flexibility index (Phi) is 8.38. The van der Waals surface area contributed by atoms with Crippen molar-refractivity contribution in [3.05, 3.63) is 59.0 Å². The lowest BCUT2D eigenvalue weighted by atomic mass is 10.1. The number of hydrogen-bond donors (Lipinski definition) is 2. The van der Waals surface area contributed by atoms with Crippen LogP contribution in [0.1, 0.15) is 18.3 Å². The summed E-state index contributed by atoms with van der Waals surface area (Å²) in [6.07, 6.45) is 3.15. The fourth-order valence-corrected chi connectivity index (χ4v) is 5.25.